The molecule has 3 amide bonds. The molecule has 1 aromatic heterocycles. The molecule has 2 aromatic carbocycles. The van der Waals surface area contributed by atoms with E-state index >= 15 is 0 Å². The smallest absolute Gasteiger partial charge is 0.316 e. The summed E-state index contributed by atoms with van der Waals surface area (Å²) in [6, 6.07) is 10.9. The molecular formula is C27H24ClN5O5. The Labute approximate surface area is 222 Å². The number of hydrogen-bond donors (Lipinski definition) is 2. The lowest BCUT2D eigenvalue weighted by Gasteiger charge is -2.29. The number of rotatable bonds is 7. The predicted molar refractivity (Wildman–Crippen MR) is 135 cm³/mol. The second-order valence-electron chi connectivity index (χ2n) is 10.3. The number of ether oxygens (including phenoxy) is 1. The van der Waals surface area contributed by atoms with E-state index in [-0.39, 0.29) is 30.8 Å². The first-order valence-electron chi connectivity index (χ1n) is 12.7. The van der Waals surface area contributed by atoms with E-state index in [4.69, 9.17) is 20.8 Å². The van der Waals surface area contributed by atoms with Crippen LogP contribution in [0.15, 0.2) is 40.8 Å². The fraction of sp³-hybridized carbons (Fsp3) is 0.370. The van der Waals surface area contributed by atoms with Crippen LogP contribution in [0.4, 0.5) is 6.01 Å². The number of benzene rings is 2. The summed E-state index contributed by atoms with van der Waals surface area (Å²) in [5, 5.41) is 14.5. The molecule has 1 atom stereocenters. The minimum atomic E-state index is -0.689. The number of fused-ring (bicyclic) bond motifs is 1. The van der Waals surface area contributed by atoms with Crippen LogP contribution in [0.2, 0.25) is 5.02 Å². The molecule has 3 heterocycles. The minimum absolute atomic E-state index is 0.201. The summed E-state index contributed by atoms with van der Waals surface area (Å²) in [5.41, 5.74) is 2.33. The lowest BCUT2D eigenvalue weighted by molar-refractivity contribution is -0.136. The average Bonchev–Trinajstić information content (AvgIpc) is 3.80. The van der Waals surface area contributed by atoms with Gasteiger partial charge in [-0.05, 0) is 74.1 Å². The molecule has 7 rings (SSSR count). The Morgan fingerprint density at radius 1 is 1.08 bits per heavy atom. The molecule has 10 nitrogen and oxygen atoms in total. The molecular weight excluding hydrogens is 510 g/mol. The Bertz CT molecular complexity index is 1480. The summed E-state index contributed by atoms with van der Waals surface area (Å²) in [4.78, 5) is 38.7. The molecule has 1 unspecified atom stereocenters. The number of carbonyl (C=O) groups excluding carboxylic acids is 3. The van der Waals surface area contributed by atoms with Crippen LogP contribution in [0.3, 0.4) is 0 Å². The summed E-state index contributed by atoms with van der Waals surface area (Å²) >= 11 is 6.65. The zero-order valence-electron chi connectivity index (χ0n) is 20.3. The van der Waals surface area contributed by atoms with Gasteiger partial charge in [0.25, 0.3) is 5.91 Å². The topological polar surface area (TPSA) is 127 Å². The zero-order chi connectivity index (χ0) is 26.0. The number of nitrogens with zero attached hydrogens (tertiary/aromatic N) is 3. The third kappa shape index (κ3) is 4.09. The molecule has 3 fully saturated rings. The lowest BCUT2D eigenvalue weighted by atomic mass is 9.99. The van der Waals surface area contributed by atoms with Crippen LogP contribution >= 0.6 is 11.6 Å². The van der Waals surface area contributed by atoms with Gasteiger partial charge in [0.2, 0.25) is 17.7 Å². The second kappa shape index (κ2) is 8.56. The molecule has 2 saturated carbocycles. The predicted octanol–water partition coefficient (Wildman–Crippen LogP) is 3.79. The van der Waals surface area contributed by atoms with Gasteiger partial charge in [0.1, 0.15) is 11.8 Å². The van der Waals surface area contributed by atoms with Crippen molar-refractivity contribution in [2.75, 3.05) is 5.32 Å². The van der Waals surface area contributed by atoms with Gasteiger partial charge in [-0.1, -0.05) is 16.7 Å². The summed E-state index contributed by atoms with van der Waals surface area (Å²) in [6.45, 7) is 0.234. The van der Waals surface area contributed by atoms with Gasteiger partial charge in [0, 0.05) is 34.7 Å². The molecule has 4 aliphatic rings. The maximum Gasteiger partial charge on any atom is 0.316 e. The van der Waals surface area contributed by atoms with Crippen molar-refractivity contribution in [3.05, 3.63) is 58.1 Å². The molecule has 11 heteroatoms. The summed E-state index contributed by atoms with van der Waals surface area (Å²) in [5.74, 6) is 0.189. The molecule has 3 aromatic rings. The largest absolute Gasteiger partial charge is 0.490 e. The number of halogens is 1. The number of amides is 3. The van der Waals surface area contributed by atoms with Gasteiger partial charge in [0.05, 0.1) is 11.6 Å². The van der Waals surface area contributed by atoms with E-state index < -0.39 is 17.5 Å². The molecule has 0 spiro atoms. The maximum absolute atomic E-state index is 13.3. The van der Waals surface area contributed by atoms with Crippen LogP contribution in [0.5, 0.6) is 5.75 Å². The molecule has 2 aliphatic carbocycles. The minimum Gasteiger partial charge on any atom is -0.490 e. The quantitative estimate of drug-likeness (QED) is 0.439. The zero-order valence-corrected chi connectivity index (χ0v) is 21.1. The van der Waals surface area contributed by atoms with Crippen molar-refractivity contribution in [2.45, 2.75) is 62.8 Å². The summed E-state index contributed by atoms with van der Waals surface area (Å²) < 4.78 is 11.7. The van der Waals surface area contributed by atoms with Crippen molar-refractivity contribution in [2.24, 2.45) is 0 Å². The number of aromatic nitrogens is 2. The molecule has 38 heavy (non-hydrogen) atoms. The second-order valence-corrected chi connectivity index (χ2v) is 10.8. The number of hydrogen-bond acceptors (Lipinski definition) is 8. The first-order valence-corrected chi connectivity index (χ1v) is 13.1. The van der Waals surface area contributed by atoms with E-state index in [0.717, 1.165) is 42.6 Å². The Balaban J connectivity index is 1.09. The number of carbonyl (C=O) groups is 3. The van der Waals surface area contributed by atoms with Crippen molar-refractivity contribution in [3.8, 4) is 17.2 Å². The van der Waals surface area contributed by atoms with Crippen molar-refractivity contribution in [1.82, 2.24) is 20.4 Å². The van der Waals surface area contributed by atoms with Gasteiger partial charge in [-0.2, -0.15) is 0 Å². The molecule has 194 valence electrons. The highest BCUT2D eigenvalue weighted by Crippen LogP contribution is 2.50. The van der Waals surface area contributed by atoms with E-state index in [0.29, 0.717) is 34.6 Å². The van der Waals surface area contributed by atoms with E-state index in [9.17, 15) is 14.4 Å². The van der Waals surface area contributed by atoms with Gasteiger partial charge in [-0.3, -0.25) is 19.7 Å². The highest BCUT2D eigenvalue weighted by atomic mass is 35.5. The summed E-state index contributed by atoms with van der Waals surface area (Å²) in [7, 11) is 0. The van der Waals surface area contributed by atoms with Crippen molar-refractivity contribution in [3.63, 3.8) is 0 Å². The van der Waals surface area contributed by atoms with Crippen molar-refractivity contribution in [1.29, 1.82) is 0 Å². The number of nitrogens with one attached hydrogen (secondary N) is 2. The average molecular weight is 534 g/mol. The fourth-order valence-corrected chi connectivity index (χ4v) is 5.43. The monoisotopic (exact) mass is 533 g/mol. The van der Waals surface area contributed by atoms with Gasteiger partial charge in [-0.25, -0.2) is 0 Å². The molecule has 2 aliphatic heterocycles. The first kappa shape index (κ1) is 23.2. The van der Waals surface area contributed by atoms with Gasteiger partial charge < -0.3 is 19.4 Å². The van der Waals surface area contributed by atoms with Crippen LogP contribution < -0.4 is 15.4 Å². The lowest BCUT2D eigenvalue weighted by Crippen LogP contribution is -2.52. The Morgan fingerprint density at radius 2 is 1.87 bits per heavy atom. The summed E-state index contributed by atoms with van der Waals surface area (Å²) in [6.07, 6.45) is 4.64. The highest BCUT2D eigenvalue weighted by Gasteiger charge is 2.48. The Hall–Kier alpha value is -3.92. The maximum atomic E-state index is 13.3. The van der Waals surface area contributed by atoms with Crippen molar-refractivity contribution >= 4 is 35.3 Å². The van der Waals surface area contributed by atoms with E-state index in [1.165, 1.54) is 4.90 Å². The number of imide groups is 1. The normalized spacial score (nSPS) is 21.8. The fourth-order valence-electron chi connectivity index (χ4n) is 5.15. The Kier molecular flexibility index (Phi) is 5.23. The molecule has 0 bridgehead atoms. The third-order valence-electron chi connectivity index (χ3n) is 7.60. The van der Waals surface area contributed by atoms with Crippen LogP contribution in [-0.4, -0.2) is 45.0 Å². The van der Waals surface area contributed by atoms with E-state index in [1.807, 2.05) is 36.4 Å². The van der Waals surface area contributed by atoms with Crippen LogP contribution in [0, 0.1) is 0 Å². The SMILES string of the molecule is O=C1CCC(N2Cc3c(Cl)cc(C4(Nc5nnc(-c6ccc(OC7CC7)cc6)o5)CC4)cc3C2=O)C(=O)N1. The van der Waals surface area contributed by atoms with Gasteiger partial charge in [0.15, 0.2) is 0 Å². The van der Waals surface area contributed by atoms with E-state index in [2.05, 4.69) is 20.8 Å². The number of piperidine rings is 1. The molecule has 0 radical (unpaired) electrons. The van der Waals surface area contributed by atoms with Crippen LogP contribution in [0.1, 0.15) is 60.0 Å². The highest BCUT2D eigenvalue weighted by molar-refractivity contribution is 6.32. The standard InChI is InChI=1S/C27H24ClN5O5/c28-20-12-15(11-18-19(20)13-33(25(18)36)21-7-8-22(34)29-23(21)35)27(9-10-27)30-26-32-31-24(38-26)14-1-3-16(4-2-14)37-17-5-6-17/h1-4,11-12,17,21H,5-10,13H2,(H,30,32)(H,29,34,35). The molecule has 2 N–H and O–H groups in total. The third-order valence-corrected chi connectivity index (χ3v) is 7.94. The van der Waals surface area contributed by atoms with Crippen molar-refractivity contribution < 1.29 is 23.5 Å². The Morgan fingerprint density at radius 3 is 2.58 bits per heavy atom. The van der Waals surface area contributed by atoms with Gasteiger partial charge >= 0.3 is 6.01 Å². The number of anilines is 1. The first-order chi connectivity index (χ1) is 18.4. The van der Waals surface area contributed by atoms with E-state index in [1.54, 1.807) is 0 Å². The van der Waals surface area contributed by atoms with Crippen LogP contribution in [-0.2, 0) is 21.7 Å². The molecule has 1 saturated heterocycles. The van der Waals surface area contributed by atoms with Gasteiger partial charge in [-0.15, -0.1) is 5.10 Å². The van der Waals surface area contributed by atoms with Crippen LogP contribution in [0.25, 0.3) is 11.5 Å².